The van der Waals surface area contributed by atoms with Crippen LogP contribution in [0.5, 0.6) is 0 Å². The minimum Gasteiger partial charge on any atom is -0.399 e. The molecule has 0 amide bonds. The van der Waals surface area contributed by atoms with Gasteiger partial charge in [0.1, 0.15) is 0 Å². The van der Waals surface area contributed by atoms with Crippen LogP contribution >= 0.6 is 0 Å². The molecule has 1 aromatic heterocycles. The lowest BCUT2D eigenvalue weighted by atomic mass is 10.0. The first-order chi connectivity index (χ1) is 7.25. The van der Waals surface area contributed by atoms with Gasteiger partial charge >= 0.3 is 0 Å². The molecule has 2 aromatic rings. The number of benzene rings is 1. The summed E-state index contributed by atoms with van der Waals surface area (Å²) >= 11 is 0. The van der Waals surface area contributed by atoms with Gasteiger partial charge in [-0.15, -0.1) is 0 Å². The van der Waals surface area contributed by atoms with Crippen molar-refractivity contribution < 1.29 is 0 Å². The molecule has 0 unspecified atom stereocenters. The highest BCUT2D eigenvalue weighted by Crippen LogP contribution is 2.15. The number of aromatic nitrogens is 1. The van der Waals surface area contributed by atoms with Crippen LogP contribution in [0.2, 0.25) is 0 Å². The first-order valence-electron chi connectivity index (χ1n) is 5.00. The molecule has 0 fully saturated rings. The molecule has 0 radical (unpaired) electrons. The molecular weight excluding hydrogens is 184 g/mol. The standard InChI is InChI=1S/C13H14N2/c1-10-8-12(14)6-5-11(10)9-13-4-2-3-7-15-13/h2-8H,9,14H2,1H3. The van der Waals surface area contributed by atoms with Crippen molar-refractivity contribution in [2.24, 2.45) is 0 Å². The summed E-state index contributed by atoms with van der Waals surface area (Å²) in [5, 5.41) is 0. The molecule has 0 aliphatic carbocycles. The number of rotatable bonds is 2. The third kappa shape index (κ3) is 2.34. The van der Waals surface area contributed by atoms with Gasteiger partial charge in [0.15, 0.2) is 0 Å². The van der Waals surface area contributed by atoms with E-state index in [4.69, 9.17) is 5.73 Å². The van der Waals surface area contributed by atoms with E-state index in [2.05, 4.69) is 18.0 Å². The fourth-order valence-electron chi connectivity index (χ4n) is 1.62. The zero-order valence-electron chi connectivity index (χ0n) is 8.77. The van der Waals surface area contributed by atoms with Gasteiger partial charge in [-0.2, -0.15) is 0 Å². The van der Waals surface area contributed by atoms with Crippen molar-refractivity contribution in [3.63, 3.8) is 0 Å². The maximum Gasteiger partial charge on any atom is 0.0447 e. The van der Waals surface area contributed by atoms with Gasteiger partial charge in [-0.3, -0.25) is 4.98 Å². The zero-order chi connectivity index (χ0) is 10.7. The Labute approximate surface area is 89.8 Å². The number of hydrogen-bond acceptors (Lipinski definition) is 2. The third-order valence-electron chi connectivity index (χ3n) is 2.46. The van der Waals surface area contributed by atoms with Gasteiger partial charge < -0.3 is 5.73 Å². The predicted molar refractivity (Wildman–Crippen MR) is 62.6 cm³/mol. The Bertz CT molecular complexity index is 449. The minimum absolute atomic E-state index is 0.817. The zero-order valence-corrected chi connectivity index (χ0v) is 8.77. The monoisotopic (exact) mass is 198 g/mol. The molecule has 0 atom stereocenters. The third-order valence-corrected chi connectivity index (χ3v) is 2.46. The summed E-state index contributed by atoms with van der Waals surface area (Å²) < 4.78 is 0. The van der Waals surface area contributed by atoms with Crippen molar-refractivity contribution in [2.45, 2.75) is 13.3 Å². The molecule has 0 saturated heterocycles. The van der Waals surface area contributed by atoms with Crippen molar-refractivity contribution in [3.05, 3.63) is 59.4 Å². The van der Waals surface area contributed by atoms with E-state index >= 15 is 0 Å². The smallest absolute Gasteiger partial charge is 0.0447 e. The Kier molecular flexibility index (Phi) is 2.68. The molecule has 0 bridgehead atoms. The van der Waals surface area contributed by atoms with Gasteiger partial charge in [-0.1, -0.05) is 12.1 Å². The number of aryl methyl sites for hydroxylation is 1. The molecule has 15 heavy (non-hydrogen) atoms. The lowest BCUT2D eigenvalue weighted by Crippen LogP contribution is -1.95. The van der Waals surface area contributed by atoms with E-state index in [0.29, 0.717) is 0 Å². The Balaban J connectivity index is 2.25. The van der Waals surface area contributed by atoms with E-state index < -0.39 is 0 Å². The molecule has 0 aliphatic heterocycles. The van der Waals surface area contributed by atoms with Gasteiger partial charge in [0.25, 0.3) is 0 Å². The van der Waals surface area contributed by atoms with Crippen molar-refractivity contribution in [3.8, 4) is 0 Å². The van der Waals surface area contributed by atoms with Crippen LogP contribution in [-0.2, 0) is 6.42 Å². The molecular formula is C13H14N2. The lowest BCUT2D eigenvalue weighted by molar-refractivity contribution is 1.06. The molecule has 1 aromatic carbocycles. The van der Waals surface area contributed by atoms with Crippen LogP contribution in [0.4, 0.5) is 5.69 Å². The molecule has 2 nitrogen and oxygen atoms in total. The maximum absolute atomic E-state index is 5.71. The van der Waals surface area contributed by atoms with E-state index in [1.807, 2.05) is 36.5 Å². The van der Waals surface area contributed by atoms with Crippen LogP contribution < -0.4 is 5.73 Å². The van der Waals surface area contributed by atoms with Gasteiger partial charge in [0, 0.05) is 24.0 Å². The van der Waals surface area contributed by atoms with Crippen LogP contribution in [0, 0.1) is 6.92 Å². The average Bonchev–Trinajstić information content (AvgIpc) is 2.24. The summed E-state index contributed by atoms with van der Waals surface area (Å²) in [6.07, 6.45) is 2.69. The van der Waals surface area contributed by atoms with Crippen molar-refractivity contribution >= 4 is 5.69 Å². The number of pyridine rings is 1. The first-order valence-corrected chi connectivity index (χ1v) is 5.00. The summed E-state index contributed by atoms with van der Waals surface area (Å²) in [5.41, 5.74) is 10.1. The SMILES string of the molecule is Cc1cc(N)ccc1Cc1ccccn1. The van der Waals surface area contributed by atoms with Crippen LogP contribution in [0.15, 0.2) is 42.6 Å². The summed E-state index contributed by atoms with van der Waals surface area (Å²) in [6.45, 7) is 2.08. The first kappa shape index (κ1) is 9.71. The van der Waals surface area contributed by atoms with Crippen LogP contribution in [0.25, 0.3) is 0 Å². The second-order valence-electron chi connectivity index (χ2n) is 3.68. The second kappa shape index (κ2) is 4.13. The van der Waals surface area contributed by atoms with Crippen LogP contribution in [0.1, 0.15) is 16.8 Å². The average molecular weight is 198 g/mol. The molecule has 0 saturated carbocycles. The fourth-order valence-corrected chi connectivity index (χ4v) is 1.62. The molecule has 0 spiro atoms. The number of hydrogen-bond donors (Lipinski definition) is 1. The van der Waals surface area contributed by atoms with E-state index in [-0.39, 0.29) is 0 Å². The van der Waals surface area contributed by atoms with Crippen molar-refractivity contribution in [1.29, 1.82) is 0 Å². The maximum atomic E-state index is 5.71. The molecule has 2 heteroatoms. The normalized spacial score (nSPS) is 10.2. The largest absolute Gasteiger partial charge is 0.399 e. The molecule has 0 aliphatic rings. The topological polar surface area (TPSA) is 38.9 Å². The summed E-state index contributed by atoms with van der Waals surface area (Å²) in [5.74, 6) is 0. The summed E-state index contributed by atoms with van der Waals surface area (Å²) in [6, 6.07) is 12.0. The minimum atomic E-state index is 0.817. The highest BCUT2D eigenvalue weighted by atomic mass is 14.7. The molecule has 2 rings (SSSR count). The Morgan fingerprint density at radius 2 is 2.07 bits per heavy atom. The van der Waals surface area contributed by atoms with Gasteiger partial charge in [-0.25, -0.2) is 0 Å². The predicted octanol–water partition coefficient (Wildman–Crippen LogP) is 2.56. The van der Waals surface area contributed by atoms with E-state index in [0.717, 1.165) is 17.8 Å². The van der Waals surface area contributed by atoms with E-state index in [1.165, 1.54) is 11.1 Å². The number of anilines is 1. The van der Waals surface area contributed by atoms with E-state index in [9.17, 15) is 0 Å². The van der Waals surface area contributed by atoms with Gasteiger partial charge in [0.2, 0.25) is 0 Å². The summed E-state index contributed by atoms with van der Waals surface area (Å²) in [7, 11) is 0. The number of nitrogen functional groups attached to an aromatic ring is 1. The van der Waals surface area contributed by atoms with Gasteiger partial charge in [0.05, 0.1) is 0 Å². The Morgan fingerprint density at radius 3 is 2.73 bits per heavy atom. The Morgan fingerprint density at radius 1 is 1.20 bits per heavy atom. The highest BCUT2D eigenvalue weighted by Gasteiger charge is 2.00. The Hall–Kier alpha value is -1.83. The number of nitrogens with zero attached hydrogens (tertiary/aromatic N) is 1. The van der Waals surface area contributed by atoms with Crippen molar-refractivity contribution in [2.75, 3.05) is 5.73 Å². The molecule has 76 valence electrons. The molecule has 1 heterocycles. The fraction of sp³-hybridized carbons (Fsp3) is 0.154. The van der Waals surface area contributed by atoms with Crippen LogP contribution in [0.3, 0.4) is 0 Å². The quantitative estimate of drug-likeness (QED) is 0.753. The van der Waals surface area contributed by atoms with E-state index in [1.54, 1.807) is 0 Å². The molecule has 2 N–H and O–H groups in total. The van der Waals surface area contributed by atoms with Gasteiger partial charge in [-0.05, 0) is 42.3 Å². The highest BCUT2D eigenvalue weighted by molar-refractivity contribution is 5.45. The van der Waals surface area contributed by atoms with Crippen LogP contribution in [-0.4, -0.2) is 4.98 Å². The lowest BCUT2D eigenvalue weighted by Gasteiger charge is -2.05. The summed E-state index contributed by atoms with van der Waals surface area (Å²) in [4.78, 5) is 4.31. The second-order valence-corrected chi connectivity index (χ2v) is 3.68. The number of nitrogens with two attached hydrogens (primary N) is 1. The van der Waals surface area contributed by atoms with Crippen molar-refractivity contribution in [1.82, 2.24) is 4.98 Å².